The number of anilines is 1. The zero-order chi connectivity index (χ0) is 14.1. The minimum Gasteiger partial charge on any atom is -0.333 e. The first kappa shape index (κ1) is 13.2. The van der Waals surface area contributed by atoms with Crippen LogP contribution in [0.15, 0.2) is 29.9 Å². The maximum Gasteiger partial charge on any atom is 0.225 e. The fraction of sp³-hybridized carbons (Fsp3) is 0.500. The van der Waals surface area contributed by atoms with Gasteiger partial charge in [-0.15, -0.1) is 11.3 Å². The van der Waals surface area contributed by atoms with Crippen LogP contribution in [0.4, 0.5) is 5.95 Å². The molecule has 1 N–H and O–H groups in total. The third kappa shape index (κ3) is 3.41. The Balaban J connectivity index is 1.44. The molecule has 110 valence electrons. The van der Waals surface area contributed by atoms with Gasteiger partial charge < -0.3 is 10.2 Å². The van der Waals surface area contributed by atoms with Gasteiger partial charge in [-0.2, -0.15) is 0 Å². The molecule has 0 spiro atoms. The van der Waals surface area contributed by atoms with Crippen LogP contribution < -0.4 is 10.2 Å². The van der Waals surface area contributed by atoms with Crippen molar-refractivity contribution in [3.05, 3.63) is 40.3 Å². The predicted octanol–water partition coefficient (Wildman–Crippen LogP) is 2.96. The van der Waals surface area contributed by atoms with Gasteiger partial charge in [0.05, 0.1) is 6.54 Å². The fourth-order valence-corrected chi connectivity index (χ4v) is 3.16. The van der Waals surface area contributed by atoms with Crippen molar-refractivity contribution in [3.8, 4) is 0 Å². The molecule has 2 aliphatic carbocycles. The molecule has 0 amide bonds. The molecular weight excluding hydrogens is 280 g/mol. The van der Waals surface area contributed by atoms with Gasteiger partial charge in [-0.3, -0.25) is 0 Å². The van der Waals surface area contributed by atoms with E-state index in [0.717, 1.165) is 25.1 Å². The molecule has 2 fully saturated rings. The first-order chi connectivity index (χ1) is 10.4. The number of aromatic nitrogens is 2. The Kier molecular flexibility index (Phi) is 3.61. The van der Waals surface area contributed by atoms with E-state index in [1.54, 1.807) is 11.3 Å². The Hall–Kier alpha value is -1.46. The maximum atomic E-state index is 4.60. The SMILES string of the molecule is c1csc(CN(c2ncc(CNC3CC3)cn2)C2CC2)c1. The lowest BCUT2D eigenvalue weighted by molar-refractivity contribution is 0.680. The number of hydrogen-bond acceptors (Lipinski definition) is 5. The summed E-state index contributed by atoms with van der Waals surface area (Å²) in [6.07, 6.45) is 9.10. The molecule has 0 aliphatic heterocycles. The Morgan fingerprint density at radius 1 is 1.19 bits per heavy atom. The summed E-state index contributed by atoms with van der Waals surface area (Å²) in [7, 11) is 0. The summed E-state index contributed by atoms with van der Waals surface area (Å²) >= 11 is 1.81. The molecule has 0 bridgehead atoms. The van der Waals surface area contributed by atoms with Crippen LogP contribution in [0, 0.1) is 0 Å². The third-order valence-corrected chi connectivity index (χ3v) is 4.88. The number of rotatable bonds is 7. The van der Waals surface area contributed by atoms with Crippen LogP contribution in [0.3, 0.4) is 0 Å². The van der Waals surface area contributed by atoms with E-state index in [0.29, 0.717) is 6.04 Å². The van der Waals surface area contributed by atoms with Crippen molar-refractivity contribution in [1.82, 2.24) is 15.3 Å². The van der Waals surface area contributed by atoms with Gasteiger partial charge in [0, 0.05) is 41.5 Å². The van der Waals surface area contributed by atoms with Crippen LogP contribution in [-0.4, -0.2) is 22.1 Å². The van der Waals surface area contributed by atoms with Crippen LogP contribution >= 0.6 is 11.3 Å². The normalized spacial score (nSPS) is 17.9. The van der Waals surface area contributed by atoms with Crippen molar-refractivity contribution in [2.45, 2.75) is 50.9 Å². The van der Waals surface area contributed by atoms with Gasteiger partial charge >= 0.3 is 0 Å². The van der Waals surface area contributed by atoms with Crippen molar-refractivity contribution in [2.24, 2.45) is 0 Å². The van der Waals surface area contributed by atoms with Gasteiger partial charge in [0.2, 0.25) is 5.95 Å². The van der Waals surface area contributed by atoms with Gasteiger partial charge in [-0.05, 0) is 37.1 Å². The standard InChI is InChI=1S/C16H20N4S/c1-2-15(21-7-1)11-20(14-5-6-14)16-18-9-12(10-19-16)8-17-13-3-4-13/h1-2,7,9-10,13-14,17H,3-6,8,11H2. The highest BCUT2D eigenvalue weighted by Crippen LogP contribution is 2.31. The Morgan fingerprint density at radius 2 is 2.00 bits per heavy atom. The summed E-state index contributed by atoms with van der Waals surface area (Å²) < 4.78 is 0. The highest BCUT2D eigenvalue weighted by molar-refractivity contribution is 7.09. The lowest BCUT2D eigenvalue weighted by atomic mass is 10.3. The second-order valence-electron chi connectivity index (χ2n) is 5.98. The van der Waals surface area contributed by atoms with E-state index in [1.807, 2.05) is 12.4 Å². The molecular formula is C16H20N4S. The highest BCUT2D eigenvalue weighted by atomic mass is 32.1. The smallest absolute Gasteiger partial charge is 0.225 e. The van der Waals surface area contributed by atoms with E-state index in [-0.39, 0.29) is 0 Å². The number of thiophene rings is 1. The van der Waals surface area contributed by atoms with E-state index < -0.39 is 0 Å². The molecule has 4 rings (SSSR count). The molecule has 2 saturated carbocycles. The van der Waals surface area contributed by atoms with Gasteiger partial charge in [-0.25, -0.2) is 9.97 Å². The third-order valence-electron chi connectivity index (χ3n) is 4.01. The maximum absolute atomic E-state index is 4.60. The van der Waals surface area contributed by atoms with Gasteiger partial charge in [-0.1, -0.05) is 6.07 Å². The average molecular weight is 300 g/mol. The van der Waals surface area contributed by atoms with Crippen molar-refractivity contribution in [3.63, 3.8) is 0 Å². The summed E-state index contributed by atoms with van der Waals surface area (Å²) in [4.78, 5) is 12.9. The predicted molar refractivity (Wildman–Crippen MR) is 85.4 cm³/mol. The van der Waals surface area contributed by atoms with E-state index >= 15 is 0 Å². The summed E-state index contributed by atoms with van der Waals surface area (Å²) in [5, 5.41) is 5.63. The Labute approximate surface area is 129 Å². The Morgan fingerprint density at radius 3 is 2.62 bits per heavy atom. The van der Waals surface area contributed by atoms with E-state index in [1.165, 1.54) is 36.1 Å². The first-order valence-corrected chi connectivity index (χ1v) is 8.60. The molecule has 0 atom stereocenters. The summed E-state index contributed by atoms with van der Waals surface area (Å²) in [6.45, 7) is 1.82. The molecule has 21 heavy (non-hydrogen) atoms. The number of hydrogen-bond donors (Lipinski definition) is 1. The highest BCUT2D eigenvalue weighted by Gasteiger charge is 2.31. The molecule has 4 nitrogen and oxygen atoms in total. The second-order valence-corrected chi connectivity index (χ2v) is 7.02. The van der Waals surface area contributed by atoms with Crippen LogP contribution in [0.1, 0.15) is 36.1 Å². The lowest BCUT2D eigenvalue weighted by Gasteiger charge is -2.21. The zero-order valence-electron chi connectivity index (χ0n) is 12.0. The summed E-state index contributed by atoms with van der Waals surface area (Å²) in [5.41, 5.74) is 1.18. The minimum atomic E-state index is 0.627. The zero-order valence-corrected chi connectivity index (χ0v) is 12.9. The molecule has 2 aromatic rings. The van der Waals surface area contributed by atoms with Crippen LogP contribution in [0.2, 0.25) is 0 Å². The largest absolute Gasteiger partial charge is 0.333 e. The van der Waals surface area contributed by atoms with E-state index in [9.17, 15) is 0 Å². The van der Waals surface area contributed by atoms with Crippen LogP contribution in [0.5, 0.6) is 0 Å². The fourth-order valence-electron chi connectivity index (χ4n) is 2.46. The molecule has 2 heterocycles. The molecule has 0 aromatic carbocycles. The van der Waals surface area contributed by atoms with Gasteiger partial charge in [0.15, 0.2) is 0 Å². The lowest BCUT2D eigenvalue weighted by Crippen LogP contribution is -2.26. The molecule has 0 saturated heterocycles. The average Bonchev–Trinajstić information content (AvgIpc) is 3.44. The van der Waals surface area contributed by atoms with Gasteiger partial charge in [0.1, 0.15) is 0 Å². The van der Waals surface area contributed by atoms with E-state index in [4.69, 9.17) is 0 Å². The Bertz CT molecular complexity index is 573. The van der Waals surface area contributed by atoms with Crippen molar-refractivity contribution < 1.29 is 0 Å². The first-order valence-electron chi connectivity index (χ1n) is 7.72. The van der Waals surface area contributed by atoms with Crippen LogP contribution in [-0.2, 0) is 13.1 Å². The molecule has 2 aromatic heterocycles. The molecule has 0 radical (unpaired) electrons. The van der Waals surface area contributed by atoms with Crippen LogP contribution in [0.25, 0.3) is 0 Å². The van der Waals surface area contributed by atoms with Crippen molar-refractivity contribution in [2.75, 3.05) is 4.90 Å². The van der Waals surface area contributed by atoms with E-state index in [2.05, 4.69) is 37.7 Å². The van der Waals surface area contributed by atoms with Crippen molar-refractivity contribution >= 4 is 17.3 Å². The molecule has 5 heteroatoms. The number of nitrogens with zero attached hydrogens (tertiary/aromatic N) is 3. The summed E-state index contributed by atoms with van der Waals surface area (Å²) in [6, 6.07) is 5.65. The second kappa shape index (κ2) is 5.73. The number of nitrogens with one attached hydrogen (secondary N) is 1. The van der Waals surface area contributed by atoms with Crippen molar-refractivity contribution in [1.29, 1.82) is 0 Å². The minimum absolute atomic E-state index is 0.627. The topological polar surface area (TPSA) is 41.1 Å². The monoisotopic (exact) mass is 300 g/mol. The molecule has 0 unspecified atom stereocenters. The quantitative estimate of drug-likeness (QED) is 0.853. The van der Waals surface area contributed by atoms with Gasteiger partial charge in [0.25, 0.3) is 0 Å². The summed E-state index contributed by atoms with van der Waals surface area (Å²) in [5.74, 6) is 0.876. The molecule has 2 aliphatic rings.